The quantitative estimate of drug-likeness (QED) is 0.173. The maximum Gasteiger partial charge on any atom is 0.0729 e. The van der Waals surface area contributed by atoms with E-state index in [1.54, 1.807) is 0 Å². The molecule has 8 aliphatic carbocycles. The van der Waals surface area contributed by atoms with Crippen molar-refractivity contribution in [1.82, 2.24) is 14.4 Å². The summed E-state index contributed by atoms with van der Waals surface area (Å²) in [5.41, 5.74) is 31.6. The molecule has 4 bridgehead atoms. The third-order valence-corrected chi connectivity index (χ3v) is 18.6. The van der Waals surface area contributed by atoms with Gasteiger partial charge in [-0.3, -0.25) is 9.97 Å². The smallest absolute Gasteiger partial charge is 0.0729 e. The van der Waals surface area contributed by atoms with Crippen LogP contribution in [0, 0.1) is 0 Å². The zero-order valence-electron chi connectivity index (χ0n) is 38.0. The van der Waals surface area contributed by atoms with E-state index in [-0.39, 0.29) is 34.5 Å². The van der Waals surface area contributed by atoms with Crippen LogP contribution in [-0.4, -0.2) is 14.4 Å². The zero-order valence-corrected chi connectivity index (χ0v) is 38.0. The van der Waals surface area contributed by atoms with Crippen LogP contribution in [0.2, 0.25) is 0 Å². The number of pyridine rings is 2. The molecule has 3 nitrogen and oxygen atoms in total. The summed E-state index contributed by atoms with van der Waals surface area (Å²) in [7, 11) is 0. The third-order valence-electron chi connectivity index (χ3n) is 18.6. The fourth-order valence-electron chi connectivity index (χ4n) is 15.9. The molecular weight excluding hydrogens is 811 g/mol. The van der Waals surface area contributed by atoms with E-state index in [1.807, 2.05) is 0 Å². The molecule has 0 radical (unpaired) electrons. The van der Waals surface area contributed by atoms with Crippen molar-refractivity contribution in [3.05, 3.63) is 241 Å². The van der Waals surface area contributed by atoms with Crippen molar-refractivity contribution in [2.75, 3.05) is 0 Å². The Labute approximate surface area is 389 Å². The van der Waals surface area contributed by atoms with Gasteiger partial charge in [0.15, 0.2) is 0 Å². The summed E-state index contributed by atoms with van der Waals surface area (Å²) in [6.07, 6.45) is 6.53. The summed E-state index contributed by atoms with van der Waals surface area (Å²) in [6, 6.07) is 54.0. The van der Waals surface area contributed by atoms with Crippen LogP contribution in [0.15, 0.2) is 152 Å². The van der Waals surface area contributed by atoms with Crippen LogP contribution in [-0.2, 0) is 10.8 Å². The average Bonchev–Trinajstić information content (AvgIpc) is 4.06. The highest BCUT2D eigenvalue weighted by Crippen LogP contribution is 2.65. The molecule has 67 heavy (non-hydrogen) atoms. The molecule has 0 N–H and O–H groups in total. The molecule has 0 atom stereocenters. The minimum Gasteiger partial charge on any atom is -0.305 e. The number of hydrogen-bond acceptors (Lipinski definition) is 2. The Hall–Kier alpha value is -7.36. The van der Waals surface area contributed by atoms with Crippen molar-refractivity contribution in [2.45, 2.75) is 75.0 Å². The average molecular weight is 856 g/mol. The van der Waals surface area contributed by atoms with Gasteiger partial charge in [-0.15, -0.1) is 0 Å². The highest BCUT2D eigenvalue weighted by atomic mass is 15.0. The molecule has 11 aromatic rings. The Kier molecular flexibility index (Phi) is 6.20. The zero-order chi connectivity index (χ0) is 44.0. The molecule has 0 spiro atoms. The minimum absolute atomic E-state index is 0.0915. The first kappa shape index (κ1) is 35.8. The Morgan fingerprint density at radius 3 is 1.43 bits per heavy atom. The molecule has 0 saturated carbocycles. The Bertz CT molecular complexity index is 4040. The predicted octanol–water partition coefficient (Wildman–Crippen LogP) is 15.0. The molecule has 0 saturated heterocycles. The fraction of sp³-hybridized carbons (Fsp3) is 0.188. The number of hydrogen-bond donors (Lipinski definition) is 0. The number of nitrogens with zero attached hydrogens (tertiary/aromatic N) is 3. The van der Waals surface area contributed by atoms with Gasteiger partial charge in [-0.2, -0.15) is 0 Å². The van der Waals surface area contributed by atoms with Crippen molar-refractivity contribution in [2.24, 2.45) is 0 Å². The van der Waals surface area contributed by atoms with Crippen LogP contribution in [0.3, 0.4) is 0 Å². The Morgan fingerprint density at radius 2 is 0.896 bits per heavy atom. The Balaban J connectivity index is 1.08. The second-order valence-electron chi connectivity index (χ2n) is 21.2. The summed E-state index contributed by atoms with van der Waals surface area (Å²) < 4.78 is 2.63. The third kappa shape index (κ3) is 3.76. The standard InChI is InChI=1S/C64H45N3/c1-5-64(6-2)47-29-41-32-17-15-16-26-45(32)63(3,4)46(41)28-42(47)43-27-44-54-48(30-65-60-52-37-22-11-7-18-33(37)50(56(54)60)34-19-8-12-23-38(34)52)67-49-31-66-61-53-39-24-13-9-20-35(39)51(36-21-10-14-25-40(36)53)57(61)55(49)58(59(43)64)62(44)67/h7-31,50-53H,5-6H2,1-4H3. The topological polar surface area (TPSA) is 30.2 Å². The predicted molar refractivity (Wildman–Crippen MR) is 271 cm³/mol. The van der Waals surface area contributed by atoms with Crippen LogP contribution in [0.25, 0.3) is 60.3 Å². The van der Waals surface area contributed by atoms with Gasteiger partial charge in [0.25, 0.3) is 0 Å². The molecule has 8 aliphatic rings. The fourth-order valence-corrected chi connectivity index (χ4v) is 15.9. The van der Waals surface area contributed by atoms with Gasteiger partial charge < -0.3 is 4.40 Å². The number of rotatable bonds is 2. The van der Waals surface area contributed by atoms with Crippen LogP contribution in [0.1, 0.15) is 153 Å². The van der Waals surface area contributed by atoms with Gasteiger partial charge in [0.1, 0.15) is 0 Å². The van der Waals surface area contributed by atoms with Gasteiger partial charge in [0, 0.05) is 44.2 Å². The van der Waals surface area contributed by atoms with Crippen LogP contribution < -0.4 is 0 Å². The normalized spacial score (nSPS) is 20.6. The van der Waals surface area contributed by atoms with E-state index in [0.717, 1.165) is 12.8 Å². The molecule has 316 valence electrons. The molecule has 0 aliphatic heterocycles. The van der Waals surface area contributed by atoms with Gasteiger partial charge in [0.2, 0.25) is 0 Å². The molecule has 0 fully saturated rings. The number of benzene rings is 7. The second kappa shape index (κ2) is 11.6. The van der Waals surface area contributed by atoms with E-state index in [0.29, 0.717) is 0 Å². The number of aromatic nitrogens is 3. The molecule has 3 heteroatoms. The lowest BCUT2D eigenvalue weighted by atomic mass is 9.61. The first-order valence-corrected chi connectivity index (χ1v) is 24.7. The number of fused-ring (bicyclic) bond motifs is 13. The van der Waals surface area contributed by atoms with Gasteiger partial charge in [-0.05, 0) is 131 Å². The second-order valence-corrected chi connectivity index (χ2v) is 21.2. The highest BCUT2D eigenvalue weighted by Gasteiger charge is 2.50. The lowest BCUT2D eigenvalue weighted by Crippen LogP contribution is -2.29. The summed E-state index contributed by atoms with van der Waals surface area (Å²) in [6.45, 7) is 9.79. The lowest BCUT2D eigenvalue weighted by Gasteiger charge is -2.42. The van der Waals surface area contributed by atoms with Crippen LogP contribution in [0.5, 0.6) is 0 Å². The van der Waals surface area contributed by atoms with E-state index in [9.17, 15) is 0 Å². The molecule has 4 aromatic heterocycles. The first-order chi connectivity index (χ1) is 32.9. The lowest BCUT2D eigenvalue weighted by molar-refractivity contribution is 0.494. The van der Waals surface area contributed by atoms with Gasteiger partial charge in [0.05, 0.1) is 52.2 Å². The summed E-state index contributed by atoms with van der Waals surface area (Å²) in [4.78, 5) is 11.3. The largest absolute Gasteiger partial charge is 0.305 e. The highest BCUT2D eigenvalue weighted by molar-refractivity contribution is 6.28. The van der Waals surface area contributed by atoms with E-state index in [4.69, 9.17) is 9.97 Å². The monoisotopic (exact) mass is 855 g/mol. The van der Waals surface area contributed by atoms with Crippen LogP contribution >= 0.6 is 0 Å². The molecule has 0 amide bonds. The summed E-state index contributed by atoms with van der Waals surface area (Å²) >= 11 is 0. The van der Waals surface area contributed by atoms with Crippen molar-refractivity contribution in [3.63, 3.8) is 0 Å². The maximum atomic E-state index is 5.66. The first-order valence-electron chi connectivity index (χ1n) is 24.7. The van der Waals surface area contributed by atoms with Crippen molar-refractivity contribution in [1.29, 1.82) is 0 Å². The van der Waals surface area contributed by atoms with Crippen LogP contribution in [0.4, 0.5) is 0 Å². The molecular formula is C64H45N3. The van der Waals surface area contributed by atoms with E-state index in [1.165, 1.54) is 150 Å². The molecule has 19 rings (SSSR count). The van der Waals surface area contributed by atoms with Gasteiger partial charge >= 0.3 is 0 Å². The van der Waals surface area contributed by atoms with E-state index in [2.05, 4.69) is 184 Å². The SMILES string of the molecule is CCC1(CC)c2cc3c(cc2-c2cc4c5c6c(ncc5n5c7cnc8c(c7c(c21)c45)C1c2ccccc2C8c2ccccc21)C1c2ccccc2C6c2ccccc21)C(C)(C)c1ccccc1-3. The van der Waals surface area contributed by atoms with Gasteiger partial charge in [-0.1, -0.05) is 149 Å². The van der Waals surface area contributed by atoms with Crippen molar-refractivity contribution < 1.29 is 0 Å². The molecule has 7 aromatic carbocycles. The summed E-state index contributed by atoms with van der Waals surface area (Å²) in [5, 5.41) is 5.56. The van der Waals surface area contributed by atoms with Crippen molar-refractivity contribution in [3.8, 4) is 22.3 Å². The molecule has 4 heterocycles. The Morgan fingerprint density at radius 1 is 0.448 bits per heavy atom. The van der Waals surface area contributed by atoms with E-state index >= 15 is 0 Å². The molecule has 0 unspecified atom stereocenters. The van der Waals surface area contributed by atoms with Crippen molar-refractivity contribution >= 4 is 38.1 Å². The van der Waals surface area contributed by atoms with E-state index < -0.39 is 0 Å². The maximum absolute atomic E-state index is 5.66. The van der Waals surface area contributed by atoms with Gasteiger partial charge in [-0.25, -0.2) is 0 Å². The summed E-state index contributed by atoms with van der Waals surface area (Å²) in [5.74, 6) is 0.386. The minimum atomic E-state index is -0.192.